The molecule has 24 heavy (non-hydrogen) atoms. The second kappa shape index (κ2) is 7.48. The molecule has 2 amide bonds. The quantitative estimate of drug-likeness (QED) is 0.775. The maximum Gasteiger partial charge on any atom is 0.409 e. The number of nitrogens with one attached hydrogen (secondary N) is 1. The van der Waals surface area contributed by atoms with Gasteiger partial charge in [0.2, 0.25) is 11.8 Å². The van der Waals surface area contributed by atoms with Gasteiger partial charge in [-0.3, -0.25) is 4.79 Å². The number of oxazole rings is 1. The number of ether oxygens (including phenoxy) is 1. The van der Waals surface area contributed by atoms with E-state index in [1.54, 1.807) is 16.2 Å². The molecule has 128 valence electrons. The summed E-state index contributed by atoms with van der Waals surface area (Å²) < 4.78 is 10.5. The maximum atomic E-state index is 12.0. The number of aryl methyl sites for hydroxylation is 1. The van der Waals surface area contributed by atoms with Gasteiger partial charge >= 0.3 is 6.09 Å². The van der Waals surface area contributed by atoms with Crippen molar-refractivity contribution in [2.75, 3.05) is 26.2 Å². The number of aromatic nitrogens is 1. The van der Waals surface area contributed by atoms with Gasteiger partial charge in [-0.25, -0.2) is 9.78 Å². The van der Waals surface area contributed by atoms with Gasteiger partial charge in [0.25, 0.3) is 0 Å². The SMILES string of the molecule is Cc1oc(-c2ccsc2)nc1CC(=O)NCCCN1CCOC1=O. The Labute approximate surface area is 143 Å². The molecule has 2 aromatic heterocycles. The molecule has 3 rings (SSSR count). The van der Waals surface area contributed by atoms with Crippen molar-refractivity contribution in [1.29, 1.82) is 0 Å². The van der Waals surface area contributed by atoms with Gasteiger partial charge < -0.3 is 19.4 Å². The Hall–Kier alpha value is -2.35. The lowest BCUT2D eigenvalue weighted by Gasteiger charge is -2.12. The Morgan fingerprint density at radius 1 is 1.50 bits per heavy atom. The average Bonchev–Trinajstić information content (AvgIpc) is 3.27. The molecule has 1 saturated heterocycles. The highest BCUT2D eigenvalue weighted by atomic mass is 32.1. The Kier molecular flexibility index (Phi) is 5.14. The Morgan fingerprint density at radius 2 is 2.38 bits per heavy atom. The summed E-state index contributed by atoms with van der Waals surface area (Å²) in [6.45, 7) is 3.98. The van der Waals surface area contributed by atoms with Crippen LogP contribution in [0.2, 0.25) is 0 Å². The molecular formula is C16H19N3O4S. The third-order valence-corrected chi connectivity index (χ3v) is 4.44. The van der Waals surface area contributed by atoms with Gasteiger partial charge in [-0.2, -0.15) is 11.3 Å². The lowest BCUT2D eigenvalue weighted by atomic mass is 10.2. The van der Waals surface area contributed by atoms with Crippen molar-refractivity contribution in [1.82, 2.24) is 15.2 Å². The van der Waals surface area contributed by atoms with Gasteiger partial charge in [0, 0.05) is 24.0 Å². The molecule has 0 saturated carbocycles. The van der Waals surface area contributed by atoms with E-state index in [1.165, 1.54) is 0 Å². The summed E-state index contributed by atoms with van der Waals surface area (Å²) in [5.41, 5.74) is 1.57. The summed E-state index contributed by atoms with van der Waals surface area (Å²) in [5, 5.41) is 6.76. The normalized spacial score (nSPS) is 14.0. The van der Waals surface area contributed by atoms with E-state index in [4.69, 9.17) is 9.15 Å². The summed E-state index contributed by atoms with van der Waals surface area (Å²) in [4.78, 5) is 29.3. The van der Waals surface area contributed by atoms with Crippen LogP contribution in [-0.2, 0) is 16.0 Å². The number of nitrogens with zero attached hydrogens (tertiary/aromatic N) is 2. The highest BCUT2D eigenvalue weighted by molar-refractivity contribution is 7.08. The van der Waals surface area contributed by atoms with E-state index >= 15 is 0 Å². The van der Waals surface area contributed by atoms with Gasteiger partial charge in [0.1, 0.15) is 12.4 Å². The predicted octanol–water partition coefficient (Wildman–Crippen LogP) is 2.21. The lowest BCUT2D eigenvalue weighted by molar-refractivity contribution is -0.120. The van der Waals surface area contributed by atoms with E-state index in [9.17, 15) is 9.59 Å². The standard InChI is InChI=1S/C16H19N3O4S/c1-11-13(18-15(23-11)12-3-8-24-10-12)9-14(20)17-4-2-5-19-6-7-22-16(19)21/h3,8,10H,2,4-7,9H2,1H3,(H,17,20). The molecule has 0 radical (unpaired) electrons. The molecule has 0 atom stereocenters. The van der Waals surface area contributed by atoms with Crippen LogP contribution >= 0.6 is 11.3 Å². The zero-order valence-corrected chi connectivity index (χ0v) is 14.2. The van der Waals surface area contributed by atoms with E-state index in [1.807, 2.05) is 23.8 Å². The summed E-state index contributed by atoms with van der Waals surface area (Å²) in [7, 11) is 0. The number of cyclic esters (lactones) is 1. The Morgan fingerprint density at radius 3 is 3.08 bits per heavy atom. The molecule has 0 bridgehead atoms. The van der Waals surface area contributed by atoms with Gasteiger partial charge in [-0.1, -0.05) is 0 Å². The molecule has 0 aliphatic carbocycles. The predicted molar refractivity (Wildman–Crippen MR) is 88.8 cm³/mol. The number of hydrogen-bond acceptors (Lipinski definition) is 6. The summed E-state index contributed by atoms with van der Waals surface area (Å²) >= 11 is 1.57. The zero-order chi connectivity index (χ0) is 16.9. The van der Waals surface area contributed by atoms with Crippen molar-refractivity contribution in [3.05, 3.63) is 28.3 Å². The molecule has 1 aliphatic heterocycles. The Balaban J connectivity index is 1.44. The van der Waals surface area contributed by atoms with Gasteiger partial charge in [0.15, 0.2) is 0 Å². The van der Waals surface area contributed by atoms with E-state index in [-0.39, 0.29) is 18.4 Å². The van der Waals surface area contributed by atoms with Crippen LogP contribution in [0.3, 0.4) is 0 Å². The number of carbonyl (C=O) groups is 2. The van der Waals surface area contributed by atoms with E-state index in [0.717, 1.165) is 5.56 Å². The van der Waals surface area contributed by atoms with Gasteiger partial charge in [-0.15, -0.1) is 0 Å². The van der Waals surface area contributed by atoms with E-state index in [2.05, 4.69) is 10.3 Å². The third kappa shape index (κ3) is 3.94. The minimum Gasteiger partial charge on any atom is -0.448 e. The molecule has 0 unspecified atom stereocenters. The van der Waals surface area contributed by atoms with Gasteiger partial charge in [0.05, 0.1) is 18.7 Å². The first kappa shape index (κ1) is 16.5. The van der Waals surface area contributed by atoms with Crippen LogP contribution < -0.4 is 5.32 Å². The first-order chi connectivity index (χ1) is 11.6. The summed E-state index contributed by atoms with van der Waals surface area (Å²) in [6, 6.07) is 1.93. The highest BCUT2D eigenvalue weighted by Crippen LogP contribution is 2.23. The molecule has 1 aliphatic rings. The first-order valence-corrected chi connectivity index (χ1v) is 8.75. The van der Waals surface area contributed by atoms with Crippen molar-refractivity contribution in [2.45, 2.75) is 19.8 Å². The first-order valence-electron chi connectivity index (χ1n) is 7.81. The monoisotopic (exact) mass is 349 g/mol. The van der Waals surface area contributed by atoms with Crippen LogP contribution in [0.15, 0.2) is 21.2 Å². The van der Waals surface area contributed by atoms with Crippen molar-refractivity contribution in [2.24, 2.45) is 0 Å². The van der Waals surface area contributed by atoms with Gasteiger partial charge in [-0.05, 0) is 24.8 Å². The summed E-state index contributed by atoms with van der Waals surface area (Å²) in [5.74, 6) is 1.10. The molecule has 1 fully saturated rings. The number of thiophene rings is 1. The van der Waals surface area contributed by atoms with Crippen LogP contribution in [-0.4, -0.2) is 48.1 Å². The maximum absolute atomic E-state index is 12.0. The molecule has 0 aromatic carbocycles. The minimum atomic E-state index is -0.277. The topological polar surface area (TPSA) is 84.7 Å². The number of amides is 2. The zero-order valence-electron chi connectivity index (χ0n) is 13.4. The molecule has 7 nitrogen and oxygen atoms in total. The summed E-state index contributed by atoms with van der Waals surface area (Å²) in [6.07, 6.45) is 0.602. The van der Waals surface area contributed by atoms with Crippen LogP contribution in [0.4, 0.5) is 4.79 Å². The molecule has 8 heteroatoms. The molecule has 1 N–H and O–H groups in total. The van der Waals surface area contributed by atoms with Crippen LogP contribution in [0.25, 0.3) is 11.5 Å². The molecule has 0 spiro atoms. The van der Waals surface area contributed by atoms with Crippen molar-refractivity contribution >= 4 is 23.3 Å². The Bertz CT molecular complexity index is 711. The van der Waals surface area contributed by atoms with Crippen LogP contribution in [0.1, 0.15) is 17.9 Å². The van der Waals surface area contributed by atoms with E-state index < -0.39 is 0 Å². The van der Waals surface area contributed by atoms with Crippen molar-refractivity contribution < 1.29 is 18.7 Å². The number of carbonyl (C=O) groups excluding carboxylic acids is 2. The highest BCUT2D eigenvalue weighted by Gasteiger charge is 2.21. The fourth-order valence-electron chi connectivity index (χ4n) is 2.44. The molecule has 2 aromatic rings. The van der Waals surface area contributed by atoms with Crippen molar-refractivity contribution in [3.8, 4) is 11.5 Å². The lowest BCUT2D eigenvalue weighted by Crippen LogP contribution is -2.31. The fourth-order valence-corrected chi connectivity index (χ4v) is 3.07. The third-order valence-electron chi connectivity index (χ3n) is 3.76. The minimum absolute atomic E-state index is 0.104. The number of rotatable bonds is 7. The smallest absolute Gasteiger partial charge is 0.409 e. The fraction of sp³-hybridized carbons (Fsp3) is 0.438. The van der Waals surface area contributed by atoms with E-state index in [0.29, 0.717) is 50.0 Å². The average molecular weight is 349 g/mol. The molecular weight excluding hydrogens is 330 g/mol. The molecule has 3 heterocycles. The second-order valence-electron chi connectivity index (χ2n) is 5.52. The van der Waals surface area contributed by atoms with Crippen LogP contribution in [0, 0.1) is 6.92 Å². The second-order valence-corrected chi connectivity index (χ2v) is 6.30. The van der Waals surface area contributed by atoms with Crippen molar-refractivity contribution in [3.63, 3.8) is 0 Å². The van der Waals surface area contributed by atoms with Crippen LogP contribution in [0.5, 0.6) is 0 Å². The largest absolute Gasteiger partial charge is 0.448 e. The number of hydrogen-bond donors (Lipinski definition) is 1.